The van der Waals surface area contributed by atoms with Gasteiger partial charge in [-0.2, -0.15) is 0 Å². The van der Waals surface area contributed by atoms with Gasteiger partial charge in [-0.3, -0.25) is 4.79 Å². The minimum atomic E-state index is -3.85. The number of ether oxygens (including phenoxy) is 3. The molecular formula is C18H20N2O6S. The van der Waals surface area contributed by atoms with E-state index < -0.39 is 22.0 Å². The van der Waals surface area contributed by atoms with Crippen LogP contribution in [0.3, 0.4) is 0 Å². The maximum absolute atomic E-state index is 12.6. The normalized spacial score (nSPS) is 15.9. The van der Waals surface area contributed by atoms with Crippen LogP contribution in [0.25, 0.3) is 0 Å². The van der Waals surface area contributed by atoms with Gasteiger partial charge in [0.1, 0.15) is 18.5 Å². The fraction of sp³-hybridized carbons (Fsp3) is 0.278. The number of rotatable bonds is 6. The van der Waals surface area contributed by atoms with Crippen LogP contribution in [0.4, 0.5) is 0 Å². The molecule has 9 heteroatoms. The van der Waals surface area contributed by atoms with Crippen molar-refractivity contribution in [1.82, 2.24) is 10.0 Å². The molecule has 1 amide bonds. The zero-order valence-corrected chi connectivity index (χ0v) is 15.7. The van der Waals surface area contributed by atoms with Gasteiger partial charge in [0.2, 0.25) is 10.0 Å². The van der Waals surface area contributed by atoms with Crippen molar-refractivity contribution in [2.24, 2.45) is 0 Å². The van der Waals surface area contributed by atoms with Crippen molar-refractivity contribution in [2.75, 3.05) is 27.3 Å². The first-order valence-corrected chi connectivity index (χ1v) is 9.71. The van der Waals surface area contributed by atoms with E-state index in [1.54, 1.807) is 12.1 Å². The summed E-state index contributed by atoms with van der Waals surface area (Å²) in [5.74, 6) is 1.04. The van der Waals surface area contributed by atoms with Gasteiger partial charge in [-0.05, 0) is 30.3 Å². The standard InChI is InChI=1S/C18H20N2O6S/c1-19-18(21)14-9-13(7-8-15(14)24-2)27(22,23)20-10-12-11-25-16-5-3-4-6-17(16)26-12/h3-9,12,20H,10-11H2,1-2H3,(H,19,21)/t12-/m0/s1. The monoisotopic (exact) mass is 392 g/mol. The summed E-state index contributed by atoms with van der Waals surface area (Å²) in [6.45, 7) is 0.254. The molecule has 0 spiro atoms. The summed E-state index contributed by atoms with van der Waals surface area (Å²) >= 11 is 0. The molecule has 2 aromatic carbocycles. The van der Waals surface area contributed by atoms with Crippen molar-refractivity contribution in [3.63, 3.8) is 0 Å². The summed E-state index contributed by atoms with van der Waals surface area (Å²) in [5.41, 5.74) is 0.133. The first kappa shape index (κ1) is 19.0. The van der Waals surface area contributed by atoms with Crippen LogP contribution in [0, 0.1) is 0 Å². The number of fused-ring (bicyclic) bond motifs is 1. The van der Waals surface area contributed by atoms with Gasteiger partial charge in [-0.25, -0.2) is 13.1 Å². The van der Waals surface area contributed by atoms with Crippen LogP contribution in [0.1, 0.15) is 10.4 Å². The van der Waals surface area contributed by atoms with E-state index in [2.05, 4.69) is 10.0 Å². The van der Waals surface area contributed by atoms with E-state index in [0.29, 0.717) is 11.5 Å². The number of methoxy groups -OCH3 is 1. The van der Waals surface area contributed by atoms with Crippen LogP contribution in [0.15, 0.2) is 47.4 Å². The lowest BCUT2D eigenvalue weighted by Crippen LogP contribution is -2.40. The molecule has 8 nitrogen and oxygen atoms in total. The third-order valence-electron chi connectivity index (χ3n) is 4.02. The number of sulfonamides is 1. The van der Waals surface area contributed by atoms with Crippen LogP contribution < -0.4 is 24.2 Å². The van der Waals surface area contributed by atoms with Crippen molar-refractivity contribution in [2.45, 2.75) is 11.0 Å². The Bertz CT molecular complexity index is 945. The third kappa shape index (κ3) is 4.15. The largest absolute Gasteiger partial charge is 0.496 e. The Hall–Kier alpha value is -2.78. The molecule has 0 saturated heterocycles. The Morgan fingerprint density at radius 2 is 1.96 bits per heavy atom. The van der Waals surface area contributed by atoms with Crippen molar-refractivity contribution < 1.29 is 27.4 Å². The minimum Gasteiger partial charge on any atom is -0.496 e. The van der Waals surface area contributed by atoms with E-state index in [1.807, 2.05) is 12.1 Å². The molecule has 1 atom stereocenters. The summed E-state index contributed by atoms with van der Waals surface area (Å²) in [6.07, 6.45) is -0.466. The minimum absolute atomic E-state index is 0.0258. The fourth-order valence-corrected chi connectivity index (χ4v) is 3.71. The number of hydrogen-bond donors (Lipinski definition) is 2. The molecule has 144 valence electrons. The summed E-state index contributed by atoms with van der Waals surface area (Å²) < 4.78 is 44.1. The number of benzene rings is 2. The molecule has 0 fully saturated rings. The molecule has 0 aliphatic carbocycles. The van der Waals surface area contributed by atoms with Gasteiger partial charge in [0.25, 0.3) is 5.91 Å². The van der Waals surface area contributed by atoms with Crippen LogP contribution in [-0.2, 0) is 10.0 Å². The SMILES string of the molecule is CNC(=O)c1cc(S(=O)(=O)NC[C@H]2COc3ccccc3O2)ccc1OC. The van der Waals surface area contributed by atoms with Crippen LogP contribution in [0.5, 0.6) is 17.2 Å². The Morgan fingerprint density at radius 3 is 2.67 bits per heavy atom. The molecule has 0 bridgehead atoms. The van der Waals surface area contributed by atoms with Gasteiger partial charge in [0, 0.05) is 7.05 Å². The Balaban J connectivity index is 1.73. The molecular weight excluding hydrogens is 372 g/mol. The predicted octanol–water partition coefficient (Wildman–Crippen LogP) is 1.17. The third-order valence-corrected chi connectivity index (χ3v) is 5.44. The highest BCUT2D eigenvalue weighted by molar-refractivity contribution is 7.89. The maximum atomic E-state index is 12.6. The Kier molecular flexibility index (Phi) is 5.52. The number of carbonyl (C=O) groups excluding carboxylic acids is 1. The Morgan fingerprint density at radius 1 is 1.22 bits per heavy atom. The molecule has 0 radical (unpaired) electrons. The van der Waals surface area contributed by atoms with Crippen molar-refractivity contribution in [3.05, 3.63) is 48.0 Å². The number of hydrogen-bond acceptors (Lipinski definition) is 6. The summed E-state index contributed by atoms with van der Waals surface area (Å²) in [5, 5.41) is 2.46. The second kappa shape index (κ2) is 7.85. The lowest BCUT2D eigenvalue weighted by atomic mass is 10.2. The van der Waals surface area contributed by atoms with Gasteiger partial charge in [-0.15, -0.1) is 0 Å². The van der Waals surface area contributed by atoms with Gasteiger partial charge in [0.15, 0.2) is 11.5 Å². The summed E-state index contributed by atoms with van der Waals surface area (Å²) in [7, 11) is -0.980. The van der Waals surface area contributed by atoms with Crippen molar-refractivity contribution in [3.8, 4) is 17.2 Å². The highest BCUT2D eigenvalue weighted by Gasteiger charge is 2.24. The van der Waals surface area contributed by atoms with E-state index in [9.17, 15) is 13.2 Å². The van der Waals surface area contributed by atoms with Crippen LogP contribution in [-0.4, -0.2) is 47.7 Å². The summed E-state index contributed by atoms with van der Waals surface area (Å²) in [4.78, 5) is 11.9. The lowest BCUT2D eigenvalue weighted by Gasteiger charge is -2.26. The Labute approximate surface area is 157 Å². The zero-order valence-electron chi connectivity index (χ0n) is 14.9. The second-order valence-corrected chi connectivity index (χ2v) is 7.56. The highest BCUT2D eigenvalue weighted by atomic mass is 32.2. The fourth-order valence-electron chi connectivity index (χ4n) is 2.62. The average molecular weight is 392 g/mol. The molecule has 1 heterocycles. The highest BCUT2D eigenvalue weighted by Crippen LogP contribution is 2.30. The molecule has 1 aliphatic heterocycles. The van der Waals surface area contributed by atoms with Crippen molar-refractivity contribution in [1.29, 1.82) is 0 Å². The molecule has 27 heavy (non-hydrogen) atoms. The molecule has 1 aliphatic rings. The molecule has 2 aromatic rings. The van der Waals surface area contributed by atoms with E-state index in [-0.39, 0.29) is 29.4 Å². The number of para-hydroxylation sites is 2. The summed E-state index contributed by atoms with van der Waals surface area (Å²) in [6, 6.07) is 11.3. The number of nitrogens with one attached hydrogen (secondary N) is 2. The van der Waals surface area contributed by atoms with E-state index in [4.69, 9.17) is 14.2 Å². The smallest absolute Gasteiger partial charge is 0.254 e. The average Bonchev–Trinajstić information content (AvgIpc) is 2.71. The molecule has 0 aromatic heterocycles. The second-order valence-electron chi connectivity index (χ2n) is 5.79. The topological polar surface area (TPSA) is 103 Å². The van der Waals surface area contributed by atoms with Gasteiger partial charge >= 0.3 is 0 Å². The van der Waals surface area contributed by atoms with E-state index in [0.717, 1.165) is 0 Å². The van der Waals surface area contributed by atoms with Gasteiger partial charge < -0.3 is 19.5 Å². The van der Waals surface area contributed by atoms with Crippen molar-refractivity contribution >= 4 is 15.9 Å². The van der Waals surface area contributed by atoms with Gasteiger partial charge in [-0.1, -0.05) is 12.1 Å². The van der Waals surface area contributed by atoms with Crippen LogP contribution in [0.2, 0.25) is 0 Å². The molecule has 0 unspecified atom stereocenters. The van der Waals surface area contributed by atoms with Gasteiger partial charge in [0.05, 0.1) is 24.1 Å². The molecule has 2 N–H and O–H groups in total. The predicted molar refractivity (Wildman–Crippen MR) is 97.9 cm³/mol. The zero-order chi connectivity index (χ0) is 19.4. The van der Waals surface area contributed by atoms with E-state index >= 15 is 0 Å². The number of amides is 1. The molecule has 0 saturated carbocycles. The maximum Gasteiger partial charge on any atom is 0.254 e. The first-order valence-electron chi connectivity index (χ1n) is 8.23. The first-order chi connectivity index (χ1) is 12.9. The molecule has 3 rings (SSSR count). The quantitative estimate of drug-likeness (QED) is 0.765. The van der Waals surface area contributed by atoms with E-state index in [1.165, 1.54) is 32.4 Å². The van der Waals surface area contributed by atoms with Crippen LogP contribution >= 0.6 is 0 Å². The number of carbonyl (C=O) groups is 1. The lowest BCUT2D eigenvalue weighted by molar-refractivity contribution is 0.0943.